The molecule has 76 valence electrons. The van der Waals surface area contributed by atoms with Crippen LogP contribution in [-0.4, -0.2) is 18.1 Å². The van der Waals surface area contributed by atoms with Gasteiger partial charge in [-0.2, -0.15) is 0 Å². The molecule has 2 rings (SSSR count). The van der Waals surface area contributed by atoms with Crippen LogP contribution in [0.15, 0.2) is 12.3 Å². The minimum absolute atomic E-state index is 0.593. The van der Waals surface area contributed by atoms with Crippen LogP contribution < -0.4 is 4.90 Å². The zero-order valence-electron chi connectivity index (χ0n) is 7.84. The van der Waals surface area contributed by atoms with E-state index in [4.69, 9.17) is 23.2 Å². The summed E-state index contributed by atoms with van der Waals surface area (Å²) in [6.07, 6.45) is 5.40. The molecule has 0 bridgehead atoms. The molecule has 0 aromatic carbocycles. The topological polar surface area (TPSA) is 16.1 Å². The number of piperidine rings is 1. The Labute approximate surface area is 93.8 Å². The lowest BCUT2D eigenvalue weighted by Gasteiger charge is -2.28. The fraction of sp³-hybridized carbons (Fsp3) is 0.500. The Kier molecular flexibility index (Phi) is 3.14. The van der Waals surface area contributed by atoms with Crippen molar-refractivity contribution in [2.45, 2.75) is 19.3 Å². The van der Waals surface area contributed by atoms with Crippen LogP contribution in [0.1, 0.15) is 19.3 Å². The molecule has 1 aromatic heterocycles. The smallest absolute Gasteiger partial charge is 0.147 e. The lowest BCUT2D eigenvalue weighted by molar-refractivity contribution is 0.573. The summed E-state index contributed by atoms with van der Waals surface area (Å²) < 4.78 is 0. The summed E-state index contributed by atoms with van der Waals surface area (Å²) in [5, 5.41) is 1.25. The number of aromatic nitrogens is 1. The molecule has 1 saturated heterocycles. The third-order valence-electron chi connectivity index (χ3n) is 2.44. The normalized spacial score (nSPS) is 17.1. The summed E-state index contributed by atoms with van der Waals surface area (Å²) in [6.45, 7) is 2.10. The highest BCUT2D eigenvalue weighted by atomic mass is 35.5. The summed E-state index contributed by atoms with van der Waals surface area (Å²) in [7, 11) is 0. The minimum atomic E-state index is 0.593. The first-order valence-corrected chi connectivity index (χ1v) is 5.59. The van der Waals surface area contributed by atoms with Crippen LogP contribution in [0.4, 0.5) is 5.82 Å². The number of halogens is 2. The molecule has 0 spiro atoms. The van der Waals surface area contributed by atoms with Crippen LogP contribution in [0.25, 0.3) is 0 Å². The van der Waals surface area contributed by atoms with Gasteiger partial charge in [0, 0.05) is 19.3 Å². The molecule has 2 nitrogen and oxygen atoms in total. The predicted molar refractivity (Wildman–Crippen MR) is 60.3 cm³/mol. The molecule has 1 fully saturated rings. The molecule has 14 heavy (non-hydrogen) atoms. The van der Waals surface area contributed by atoms with E-state index in [1.807, 2.05) is 0 Å². The van der Waals surface area contributed by atoms with Gasteiger partial charge in [0.1, 0.15) is 5.82 Å². The van der Waals surface area contributed by atoms with Crippen LogP contribution >= 0.6 is 23.2 Å². The number of pyridine rings is 1. The summed E-state index contributed by atoms with van der Waals surface area (Å²) in [5.74, 6) is 0.871. The standard InChI is InChI=1S/C10H12Cl2N2/c11-8-6-9(12)10(13-7-8)14-4-2-1-3-5-14/h6-7H,1-5H2. The molecule has 2 heterocycles. The van der Waals surface area contributed by atoms with Crippen molar-refractivity contribution in [2.75, 3.05) is 18.0 Å². The van der Waals surface area contributed by atoms with E-state index < -0.39 is 0 Å². The first-order valence-electron chi connectivity index (χ1n) is 4.83. The Balaban J connectivity index is 2.22. The highest BCUT2D eigenvalue weighted by molar-refractivity contribution is 6.36. The molecule has 0 aliphatic carbocycles. The van der Waals surface area contributed by atoms with Gasteiger partial charge in [0.15, 0.2) is 0 Å². The summed E-state index contributed by atoms with van der Waals surface area (Å²) in [4.78, 5) is 6.49. The SMILES string of the molecule is Clc1cnc(N2CCCCC2)c(Cl)c1. The lowest BCUT2D eigenvalue weighted by Crippen LogP contribution is -2.30. The number of hydrogen-bond donors (Lipinski definition) is 0. The van der Waals surface area contributed by atoms with E-state index in [0.717, 1.165) is 18.9 Å². The van der Waals surface area contributed by atoms with E-state index in [-0.39, 0.29) is 0 Å². The van der Waals surface area contributed by atoms with E-state index in [0.29, 0.717) is 10.0 Å². The lowest BCUT2D eigenvalue weighted by atomic mass is 10.1. The van der Waals surface area contributed by atoms with Crippen molar-refractivity contribution in [3.63, 3.8) is 0 Å². The van der Waals surface area contributed by atoms with Crippen LogP contribution in [0.3, 0.4) is 0 Å². The first kappa shape index (κ1) is 10.1. The van der Waals surface area contributed by atoms with Crippen molar-refractivity contribution in [3.05, 3.63) is 22.3 Å². The third-order valence-corrected chi connectivity index (χ3v) is 2.93. The van der Waals surface area contributed by atoms with E-state index in [1.165, 1.54) is 19.3 Å². The number of anilines is 1. The van der Waals surface area contributed by atoms with E-state index >= 15 is 0 Å². The zero-order chi connectivity index (χ0) is 9.97. The Morgan fingerprint density at radius 3 is 2.50 bits per heavy atom. The third kappa shape index (κ3) is 2.12. The summed E-state index contributed by atoms with van der Waals surface area (Å²) in [6, 6.07) is 1.75. The van der Waals surface area contributed by atoms with E-state index in [9.17, 15) is 0 Å². The Hall–Kier alpha value is -0.470. The maximum atomic E-state index is 6.07. The number of nitrogens with zero attached hydrogens (tertiary/aromatic N) is 2. The van der Waals surface area contributed by atoms with Crippen molar-refractivity contribution in [1.82, 2.24) is 4.98 Å². The van der Waals surface area contributed by atoms with Crippen molar-refractivity contribution < 1.29 is 0 Å². The van der Waals surface area contributed by atoms with Gasteiger partial charge in [-0.15, -0.1) is 0 Å². The Morgan fingerprint density at radius 2 is 1.86 bits per heavy atom. The second kappa shape index (κ2) is 4.37. The molecule has 0 atom stereocenters. The van der Waals surface area contributed by atoms with Crippen molar-refractivity contribution in [1.29, 1.82) is 0 Å². The molecule has 0 amide bonds. The van der Waals surface area contributed by atoms with Crippen LogP contribution in [0.5, 0.6) is 0 Å². The fourth-order valence-electron chi connectivity index (χ4n) is 1.75. The fourth-order valence-corrected chi connectivity index (χ4v) is 2.25. The largest absolute Gasteiger partial charge is 0.355 e. The second-order valence-electron chi connectivity index (χ2n) is 3.51. The van der Waals surface area contributed by atoms with Gasteiger partial charge in [-0.25, -0.2) is 4.98 Å². The van der Waals surface area contributed by atoms with Crippen LogP contribution in [0, 0.1) is 0 Å². The second-order valence-corrected chi connectivity index (χ2v) is 4.35. The van der Waals surface area contributed by atoms with Gasteiger partial charge < -0.3 is 4.90 Å². The molecule has 1 aliphatic rings. The van der Waals surface area contributed by atoms with Gasteiger partial charge in [0.05, 0.1) is 10.0 Å². The number of hydrogen-bond acceptors (Lipinski definition) is 2. The number of rotatable bonds is 1. The summed E-state index contributed by atoms with van der Waals surface area (Å²) >= 11 is 11.9. The van der Waals surface area contributed by atoms with Gasteiger partial charge >= 0.3 is 0 Å². The van der Waals surface area contributed by atoms with Gasteiger partial charge in [-0.1, -0.05) is 23.2 Å². The maximum Gasteiger partial charge on any atom is 0.147 e. The molecule has 0 unspecified atom stereocenters. The monoisotopic (exact) mass is 230 g/mol. The van der Waals surface area contributed by atoms with E-state index in [2.05, 4.69) is 9.88 Å². The Bertz CT molecular complexity index is 322. The molecule has 0 saturated carbocycles. The van der Waals surface area contributed by atoms with Gasteiger partial charge in [-0.05, 0) is 25.3 Å². The van der Waals surface area contributed by atoms with E-state index in [1.54, 1.807) is 12.3 Å². The van der Waals surface area contributed by atoms with Crippen LogP contribution in [-0.2, 0) is 0 Å². The van der Waals surface area contributed by atoms with Crippen molar-refractivity contribution >= 4 is 29.0 Å². The zero-order valence-corrected chi connectivity index (χ0v) is 9.35. The molecule has 4 heteroatoms. The van der Waals surface area contributed by atoms with Crippen molar-refractivity contribution in [2.24, 2.45) is 0 Å². The maximum absolute atomic E-state index is 6.07. The molecule has 1 aromatic rings. The molecule has 0 N–H and O–H groups in total. The Morgan fingerprint density at radius 1 is 1.14 bits per heavy atom. The molecule has 0 radical (unpaired) electrons. The molecular formula is C10H12Cl2N2. The molecular weight excluding hydrogens is 219 g/mol. The summed E-state index contributed by atoms with van der Waals surface area (Å²) in [5.41, 5.74) is 0. The van der Waals surface area contributed by atoms with Gasteiger partial charge in [-0.3, -0.25) is 0 Å². The highest BCUT2D eigenvalue weighted by Crippen LogP contribution is 2.27. The average molecular weight is 231 g/mol. The molecule has 1 aliphatic heterocycles. The minimum Gasteiger partial charge on any atom is -0.355 e. The first-order chi connectivity index (χ1) is 6.77. The average Bonchev–Trinajstić information content (AvgIpc) is 2.19. The highest BCUT2D eigenvalue weighted by Gasteiger charge is 2.14. The van der Waals surface area contributed by atoms with Crippen LogP contribution in [0.2, 0.25) is 10.0 Å². The van der Waals surface area contributed by atoms with Gasteiger partial charge in [0.25, 0.3) is 0 Å². The van der Waals surface area contributed by atoms with Crippen molar-refractivity contribution in [3.8, 4) is 0 Å². The predicted octanol–water partition coefficient (Wildman–Crippen LogP) is 3.38. The van der Waals surface area contributed by atoms with Gasteiger partial charge in [0.2, 0.25) is 0 Å². The quantitative estimate of drug-likeness (QED) is 0.736.